The molecule has 10 heteroatoms. The number of thiophene rings is 1. The first-order chi connectivity index (χ1) is 14.9. The SMILES string of the molecule is COc1cc(NC(=O)c2cc(-c3cccs3)[nH]n2)cc(S(=O)(=O)c2ccc(Cl)cc2)c1. The summed E-state index contributed by atoms with van der Waals surface area (Å²) >= 11 is 7.38. The lowest BCUT2D eigenvalue weighted by Gasteiger charge is -2.11. The average Bonchev–Trinajstić information content (AvgIpc) is 3.45. The number of anilines is 1. The minimum atomic E-state index is -3.85. The third kappa shape index (κ3) is 4.48. The molecule has 0 fully saturated rings. The molecule has 0 radical (unpaired) electrons. The highest BCUT2D eigenvalue weighted by atomic mass is 35.5. The van der Waals surface area contributed by atoms with E-state index in [1.54, 1.807) is 6.07 Å². The predicted molar refractivity (Wildman–Crippen MR) is 120 cm³/mol. The molecule has 2 aromatic carbocycles. The van der Waals surface area contributed by atoms with Crippen molar-refractivity contribution in [2.45, 2.75) is 9.79 Å². The van der Waals surface area contributed by atoms with Gasteiger partial charge in [0.1, 0.15) is 5.75 Å². The van der Waals surface area contributed by atoms with Crippen LogP contribution in [-0.2, 0) is 9.84 Å². The number of carbonyl (C=O) groups is 1. The largest absolute Gasteiger partial charge is 0.497 e. The monoisotopic (exact) mass is 473 g/mol. The Labute approximate surface area is 187 Å². The van der Waals surface area contributed by atoms with Gasteiger partial charge in [-0.3, -0.25) is 9.89 Å². The molecule has 0 aliphatic carbocycles. The van der Waals surface area contributed by atoms with Gasteiger partial charge in [-0.1, -0.05) is 17.7 Å². The molecule has 0 aliphatic rings. The normalized spacial score (nSPS) is 11.3. The number of H-pyrrole nitrogens is 1. The molecule has 2 aromatic heterocycles. The summed E-state index contributed by atoms with van der Waals surface area (Å²) in [5, 5.41) is 11.9. The van der Waals surface area contributed by atoms with Crippen molar-refractivity contribution in [1.82, 2.24) is 10.2 Å². The second-order valence-electron chi connectivity index (χ2n) is 6.45. The number of aromatic nitrogens is 2. The fourth-order valence-electron chi connectivity index (χ4n) is 2.86. The van der Waals surface area contributed by atoms with Crippen molar-refractivity contribution in [3.05, 3.63) is 76.8 Å². The molecule has 2 heterocycles. The van der Waals surface area contributed by atoms with E-state index >= 15 is 0 Å². The highest BCUT2D eigenvalue weighted by Crippen LogP contribution is 2.29. The van der Waals surface area contributed by atoms with Crippen LogP contribution in [0.4, 0.5) is 5.69 Å². The van der Waals surface area contributed by atoms with Crippen LogP contribution in [0, 0.1) is 0 Å². The Bertz CT molecular complexity index is 1330. The molecule has 1 amide bonds. The van der Waals surface area contributed by atoms with Crippen LogP contribution < -0.4 is 10.1 Å². The molecule has 7 nitrogen and oxygen atoms in total. The van der Waals surface area contributed by atoms with E-state index < -0.39 is 15.7 Å². The van der Waals surface area contributed by atoms with Gasteiger partial charge in [0.15, 0.2) is 5.69 Å². The molecular weight excluding hydrogens is 458 g/mol. The van der Waals surface area contributed by atoms with Gasteiger partial charge in [0.2, 0.25) is 9.84 Å². The highest BCUT2D eigenvalue weighted by molar-refractivity contribution is 7.91. The van der Waals surface area contributed by atoms with Crippen LogP contribution >= 0.6 is 22.9 Å². The highest BCUT2D eigenvalue weighted by Gasteiger charge is 2.21. The Morgan fingerprint density at radius 1 is 1.10 bits per heavy atom. The Hall–Kier alpha value is -3.14. The molecule has 158 valence electrons. The van der Waals surface area contributed by atoms with Crippen LogP contribution in [0.2, 0.25) is 5.02 Å². The molecular formula is C21H16ClN3O4S2. The number of hydrogen-bond acceptors (Lipinski definition) is 6. The van der Waals surface area contributed by atoms with E-state index in [4.69, 9.17) is 16.3 Å². The number of aromatic amines is 1. The Kier molecular flexibility index (Phi) is 5.81. The van der Waals surface area contributed by atoms with E-state index in [0.29, 0.717) is 5.02 Å². The zero-order valence-electron chi connectivity index (χ0n) is 16.1. The van der Waals surface area contributed by atoms with E-state index in [1.807, 2.05) is 17.5 Å². The summed E-state index contributed by atoms with van der Waals surface area (Å²) in [4.78, 5) is 13.7. The molecule has 0 spiro atoms. The van der Waals surface area contributed by atoms with E-state index in [-0.39, 0.29) is 26.9 Å². The van der Waals surface area contributed by atoms with Crippen molar-refractivity contribution in [1.29, 1.82) is 0 Å². The summed E-state index contributed by atoms with van der Waals surface area (Å²) in [7, 11) is -2.43. The first kappa shape index (κ1) is 21.1. The van der Waals surface area contributed by atoms with Gasteiger partial charge in [0.05, 0.1) is 27.5 Å². The molecule has 0 saturated heterocycles. The second kappa shape index (κ2) is 8.54. The molecule has 2 N–H and O–H groups in total. The topological polar surface area (TPSA) is 101 Å². The number of amides is 1. The zero-order chi connectivity index (χ0) is 22.0. The van der Waals surface area contributed by atoms with Crippen LogP contribution in [0.3, 0.4) is 0 Å². The van der Waals surface area contributed by atoms with Crippen molar-refractivity contribution >= 4 is 44.4 Å². The van der Waals surface area contributed by atoms with Crippen molar-refractivity contribution in [3.63, 3.8) is 0 Å². The summed E-state index contributed by atoms with van der Waals surface area (Å²) in [5.41, 5.74) is 1.16. The zero-order valence-corrected chi connectivity index (χ0v) is 18.5. The quantitative estimate of drug-likeness (QED) is 0.415. The number of halogens is 1. The van der Waals surface area contributed by atoms with Crippen LogP contribution in [0.25, 0.3) is 10.6 Å². The van der Waals surface area contributed by atoms with E-state index in [9.17, 15) is 13.2 Å². The molecule has 0 aliphatic heterocycles. The summed E-state index contributed by atoms with van der Waals surface area (Å²) in [5.74, 6) is -0.200. The number of rotatable bonds is 6. The van der Waals surface area contributed by atoms with Crippen molar-refractivity contribution in [3.8, 4) is 16.3 Å². The molecule has 0 unspecified atom stereocenters. The van der Waals surface area contributed by atoms with Gasteiger partial charge in [0.25, 0.3) is 5.91 Å². The Morgan fingerprint density at radius 3 is 2.55 bits per heavy atom. The Morgan fingerprint density at radius 2 is 1.87 bits per heavy atom. The number of carbonyl (C=O) groups excluding carboxylic acids is 1. The van der Waals surface area contributed by atoms with Crippen LogP contribution in [0.15, 0.2) is 75.8 Å². The maximum Gasteiger partial charge on any atom is 0.276 e. The minimum Gasteiger partial charge on any atom is -0.497 e. The first-order valence-corrected chi connectivity index (χ1v) is 11.7. The number of nitrogens with one attached hydrogen (secondary N) is 2. The number of ether oxygens (including phenoxy) is 1. The van der Waals surface area contributed by atoms with Gasteiger partial charge >= 0.3 is 0 Å². The lowest BCUT2D eigenvalue weighted by molar-refractivity contribution is 0.102. The fourth-order valence-corrected chi connectivity index (χ4v) is 5.00. The maximum atomic E-state index is 13.0. The van der Waals surface area contributed by atoms with Gasteiger partial charge < -0.3 is 10.1 Å². The Balaban J connectivity index is 1.63. The standard InChI is InChI=1S/C21H16ClN3O4S2/c1-29-15-9-14(10-17(11-15)31(27,28)16-6-4-13(22)5-7-16)23-21(26)19-12-18(24-25-19)20-3-2-8-30-20/h2-12H,1H3,(H,23,26)(H,24,25). The van der Waals surface area contributed by atoms with Crippen LogP contribution in [0.1, 0.15) is 10.5 Å². The third-order valence-corrected chi connectivity index (χ3v) is 7.31. The summed E-state index contributed by atoms with van der Waals surface area (Å²) < 4.78 is 31.3. The first-order valence-electron chi connectivity index (χ1n) is 8.97. The van der Waals surface area contributed by atoms with Crippen LogP contribution in [-0.4, -0.2) is 31.6 Å². The number of methoxy groups -OCH3 is 1. The van der Waals surface area contributed by atoms with Crippen molar-refractivity contribution < 1.29 is 17.9 Å². The minimum absolute atomic E-state index is 0.0224. The number of benzene rings is 2. The molecule has 4 aromatic rings. The fraction of sp³-hybridized carbons (Fsp3) is 0.0476. The van der Waals surface area contributed by atoms with Crippen molar-refractivity contribution in [2.75, 3.05) is 12.4 Å². The van der Waals surface area contributed by atoms with E-state index in [1.165, 1.54) is 60.9 Å². The molecule has 4 rings (SSSR count). The molecule has 0 atom stereocenters. The van der Waals surface area contributed by atoms with Crippen molar-refractivity contribution in [2.24, 2.45) is 0 Å². The van der Waals surface area contributed by atoms with Gasteiger partial charge in [-0.2, -0.15) is 5.10 Å². The lowest BCUT2D eigenvalue weighted by Crippen LogP contribution is -2.13. The van der Waals surface area contributed by atoms with Gasteiger partial charge in [-0.25, -0.2) is 8.42 Å². The van der Waals surface area contributed by atoms with Gasteiger partial charge in [-0.05, 0) is 53.9 Å². The van der Waals surface area contributed by atoms with Crippen LogP contribution in [0.5, 0.6) is 5.75 Å². The lowest BCUT2D eigenvalue weighted by atomic mass is 10.2. The number of nitrogens with zero attached hydrogens (tertiary/aromatic N) is 1. The van der Waals surface area contributed by atoms with Gasteiger partial charge in [-0.15, -0.1) is 11.3 Å². The molecule has 0 bridgehead atoms. The maximum absolute atomic E-state index is 13.0. The smallest absolute Gasteiger partial charge is 0.276 e. The third-order valence-electron chi connectivity index (χ3n) is 4.40. The van der Waals surface area contributed by atoms with Gasteiger partial charge in [0, 0.05) is 16.8 Å². The molecule has 0 saturated carbocycles. The summed E-state index contributed by atoms with van der Waals surface area (Å²) in [6.45, 7) is 0. The van der Waals surface area contributed by atoms with E-state index in [0.717, 1.165) is 10.6 Å². The van der Waals surface area contributed by atoms with E-state index in [2.05, 4.69) is 15.5 Å². The molecule has 31 heavy (non-hydrogen) atoms. The predicted octanol–water partition coefficient (Wildman–Crippen LogP) is 4.89. The average molecular weight is 474 g/mol. The summed E-state index contributed by atoms with van der Waals surface area (Å²) in [6.07, 6.45) is 0. The number of sulfone groups is 1. The number of hydrogen-bond donors (Lipinski definition) is 2. The summed E-state index contributed by atoms with van der Waals surface area (Å²) in [6, 6.07) is 15.6. The second-order valence-corrected chi connectivity index (χ2v) is 9.79.